The summed E-state index contributed by atoms with van der Waals surface area (Å²) in [6.45, 7) is 0.272. The summed E-state index contributed by atoms with van der Waals surface area (Å²) in [5.74, 6) is 1.25. The molecule has 0 bridgehead atoms. The van der Waals surface area contributed by atoms with Crippen LogP contribution in [0.1, 0.15) is 23.2 Å². The fourth-order valence-corrected chi connectivity index (χ4v) is 4.48. The van der Waals surface area contributed by atoms with Gasteiger partial charge in [0.25, 0.3) is 5.91 Å². The molecule has 1 aliphatic rings. The van der Waals surface area contributed by atoms with Crippen molar-refractivity contribution in [3.8, 4) is 34.2 Å². The van der Waals surface area contributed by atoms with Gasteiger partial charge >= 0.3 is 0 Å². The minimum Gasteiger partial charge on any atom is -0.497 e. The van der Waals surface area contributed by atoms with Crippen LogP contribution in [-0.4, -0.2) is 60.7 Å². The zero-order valence-electron chi connectivity index (χ0n) is 23.1. The van der Waals surface area contributed by atoms with Gasteiger partial charge in [0.1, 0.15) is 18.1 Å². The van der Waals surface area contributed by atoms with E-state index in [0.717, 1.165) is 18.4 Å². The molecule has 1 aliphatic carbocycles. The molecule has 2 amide bonds. The van der Waals surface area contributed by atoms with Crippen molar-refractivity contribution in [2.45, 2.75) is 12.8 Å². The zero-order valence-corrected chi connectivity index (χ0v) is 23.1. The minimum atomic E-state index is -0.428. The smallest absolute Gasteiger partial charge is 0.254 e. The summed E-state index contributed by atoms with van der Waals surface area (Å²) < 4.78 is 31.3. The molecule has 3 aromatic carbocycles. The van der Waals surface area contributed by atoms with Crippen LogP contribution in [0.3, 0.4) is 0 Å². The first-order valence-corrected chi connectivity index (χ1v) is 13.2. The van der Waals surface area contributed by atoms with Gasteiger partial charge in [0.05, 0.1) is 32.7 Å². The predicted octanol–water partition coefficient (Wildman–Crippen LogP) is 5.20. The van der Waals surface area contributed by atoms with Crippen LogP contribution in [-0.2, 0) is 4.79 Å². The molecule has 1 aromatic heterocycles. The predicted molar refractivity (Wildman–Crippen MR) is 152 cm³/mol. The quantitative estimate of drug-likeness (QED) is 0.272. The van der Waals surface area contributed by atoms with Crippen molar-refractivity contribution in [1.82, 2.24) is 14.5 Å². The number of methoxy groups -OCH3 is 3. The number of anilines is 1. The van der Waals surface area contributed by atoms with Gasteiger partial charge in [-0.25, -0.2) is 9.37 Å². The van der Waals surface area contributed by atoms with Crippen LogP contribution in [0.4, 0.5) is 10.3 Å². The third-order valence-corrected chi connectivity index (χ3v) is 6.88. The highest BCUT2D eigenvalue weighted by Gasteiger charge is 2.29. The number of carbonyl (C=O) groups is 2. The Kier molecular flexibility index (Phi) is 8.19. The highest BCUT2D eigenvalue weighted by atomic mass is 19.1. The van der Waals surface area contributed by atoms with Gasteiger partial charge in [-0.15, -0.1) is 0 Å². The van der Waals surface area contributed by atoms with Crippen LogP contribution in [0.15, 0.2) is 72.9 Å². The largest absolute Gasteiger partial charge is 0.497 e. The maximum Gasteiger partial charge on any atom is 0.254 e. The third-order valence-electron chi connectivity index (χ3n) is 6.88. The number of hydrogen-bond donors (Lipinski definition) is 1. The molecule has 4 aromatic rings. The highest BCUT2D eigenvalue weighted by molar-refractivity contribution is 5.99. The lowest BCUT2D eigenvalue weighted by molar-refractivity contribution is -0.117. The minimum absolute atomic E-state index is 0.177. The second-order valence-electron chi connectivity index (χ2n) is 9.77. The molecule has 1 N–H and O–H groups in total. The standard InChI is InChI=1S/C31H31FN4O5/c1-39-25-13-8-21(9-14-25)26-18-36(24-12-15-27(40-2)28(16-24)41-3)31(33-26)34-29(37)19-35(17-20-4-5-20)30(38)22-6-10-23(32)11-7-22/h6-16,18,20H,4-5,17,19H2,1-3H3,(H,33,34,37). The molecule has 1 saturated carbocycles. The Bertz CT molecular complexity index is 1530. The Balaban J connectivity index is 1.44. The molecular weight excluding hydrogens is 527 g/mol. The van der Waals surface area contributed by atoms with Gasteiger partial charge in [-0.3, -0.25) is 19.5 Å². The Morgan fingerprint density at radius 3 is 2.29 bits per heavy atom. The van der Waals surface area contributed by atoms with E-state index in [4.69, 9.17) is 19.2 Å². The molecule has 41 heavy (non-hydrogen) atoms. The van der Waals surface area contributed by atoms with Crippen LogP contribution in [0.2, 0.25) is 0 Å². The molecule has 5 rings (SSSR count). The van der Waals surface area contributed by atoms with Gasteiger partial charge in [0.15, 0.2) is 11.5 Å². The number of carbonyl (C=O) groups excluding carboxylic acids is 2. The van der Waals surface area contributed by atoms with Crippen molar-refractivity contribution in [3.05, 3.63) is 84.3 Å². The number of ether oxygens (including phenoxy) is 3. The van der Waals surface area contributed by atoms with Crippen molar-refractivity contribution in [1.29, 1.82) is 0 Å². The molecule has 0 atom stereocenters. The Labute approximate surface area is 237 Å². The number of benzene rings is 3. The lowest BCUT2D eigenvalue weighted by Gasteiger charge is -2.22. The lowest BCUT2D eigenvalue weighted by Crippen LogP contribution is -2.39. The Morgan fingerprint density at radius 2 is 1.66 bits per heavy atom. The topological polar surface area (TPSA) is 94.9 Å². The Morgan fingerprint density at radius 1 is 0.951 bits per heavy atom. The summed E-state index contributed by atoms with van der Waals surface area (Å²) in [5, 5.41) is 2.89. The van der Waals surface area contributed by atoms with Gasteiger partial charge in [-0.05, 0) is 79.4 Å². The summed E-state index contributed by atoms with van der Waals surface area (Å²) in [6, 6.07) is 18.1. The molecule has 0 aliphatic heterocycles. The number of rotatable bonds is 11. The number of aromatic nitrogens is 2. The first kappa shape index (κ1) is 27.7. The average Bonchev–Trinajstić information content (AvgIpc) is 3.73. The SMILES string of the molecule is COc1ccc(-c2cn(-c3ccc(OC)c(OC)c3)c(NC(=O)CN(CC3CC3)C(=O)c3ccc(F)cc3)n2)cc1. The molecule has 9 nitrogen and oxygen atoms in total. The number of imidazole rings is 1. The second kappa shape index (κ2) is 12.1. The second-order valence-corrected chi connectivity index (χ2v) is 9.77. The zero-order chi connectivity index (χ0) is 28.9. The highest BCUT2D eigenvalue weighted by Crippen LogP contribution is 2.33. The number of nitrogens with one attached hydrogen (secondary N) is 1. The summed E-state index contributed by atoms with van der Waals surface area (Å²) in [5.41, 5.74) is 2.45. The van der Waals surface area contributed by atoms with Crippen LogP contribution >= 0.6 is 0 Å². The van der Waals surface area contributed by atoms with E-state index >= 15 is 0 Å². The maximum absolute atomic E-state index is 13.4. The van der Waals surface area contributed by atoms with Crippen LogP contribution in [0, 0.1) is 11.7 Å². The van der Waals surface area contributed by atoms with E-state index in [1.54, 1.807) is 38.0 Å². The average molecular weight is 559 g/mol. The van der Waals surface area contributed by atoms with Crippen molar-refractivity contribution >= 4 is 17.8 Å². The van der Waals surface area contributed by atoms with E-state index in [1.807, 2.05) is 36.5 Å². The van der Waals surface area contributed by atoms with E-state index in [1.165, 1.54) is 29.2 Å². The summed E-state index contributed by atoms with van der Waals surface area (Å²) in [6.07, 6.45) is 3.82. The molecule has 1 heterocycles. The van der Waals surface area contributed by atoms with Crippen molar-refractivity contribution < 1.29 is 28.2 Å². The fourth-order valence-electron chi connectivity index (χ4n) is 4.48. The molecule has 10 heteroatoms. The molecule has 0 spiro atoms. The van der Waals surface area contributed by atoms with Crippen LogP contribution in [0.5, 0.6) is 17.2 Å². The van der Waals surface area contributed by atoms with Gasteiger partial charge in [-0.2, -0.15) is 0 Å². The number of amides is 2. The number of halogens is 1. The van der Waals surface area contributed by atoms with Crippen LogP contribution < -0.4 is 19.5 Å². The summed E-state index contributed by atoms with van der Waals surface area (Å²) in [4.78, 5) is 32.8. The molecule has 0 saturated heterocycles. The number of nitrogens with zero attached hydrogens (tertiary/aromatic N) is 3. The summed E-state index contributed by atoms with van der Waals surface area (Å²) in [7, 11) is 4.71. The van der Waals surface area contributed by atoms with E-state index in [0.29, 0.717) is 46.7 Å². The van der Waals surface area contributed by atoms with E-state index in [9.17, 15) is 14.0 Å². The van der Waals surface area contributed by atoms with Crippen molar-refractivity contribution in [3.63, 3.8) is 0 Å². The first-order chi connectivity index (χ1) is 19.9. The van der Waals surface area contributed by atoms with Crippen molar-refractivity contribution in [2.75, 3.05) is 39.7 Å². The van der Waals surface area contributed by atoms with E-state index in [2.05, 4.69) is 5.32 Å². The van der Waals surface area contributed by atoms with Gasteiger partial charge in [0, 0.05) is 29.9 Å². The first-order valence-electron chi connectivity index (χ1n) is 13.2. The van der Waals surface area contributed by atoms with Crippen molar-refractivity contribution in [2.24, 2.45) is 5.92 Å². The fraction of sp³-hybridized carbons (Fsp3) is 0.258. The van der Waals surface area contributed by atoms with Gasteiger partial charge < -0.3 is 19.1 Å². The van der Waals surface area contributed by atoms with Gasteiger partial charge in [-0.1, -0.05) is 0 Å². The Hall–Kier alpha value is -4.86. The molecule has 212 valence electrons. The van der Waals surface area contributed by atoms with E-state index in [-0.39, 0.29) is 18.4 Å². The maximum atomic E-state index is 13.4. The van der Waals surface area contributed by atoms with E-state index < -0.39 is 11.7 Å². The lowest BCUT2D eigenvalue weighted by atomic mass is 10.1. The third kappa shape index (κ3) is 6.49. The summed E-state index contributed by atoms with van der Waals surface area (Å²) >= 11 is 0. The molecule has 0 unspecified atom stereocenters. The number of hydrogen-bond acceptors (Lipinski definition) is 6. The molecule has 1 fully saturated rings. The van der Waals surface area contributed by atoms with Crippen LogP contribution in [0.25, 0.3) is 16.9 Å². The molecule has 0 radical (unpaired) electrons. The molecular formula is C31H31FN4O5. The normalized spacial score (nSPS) is 12.5. The monoisotopic (exact) mass is 558 g/mol. The van der Waals surface area contributed by atoms with Gasteiger partial charge in [0.2, 0.25) is 11.9 Å².